The van der Waals surface area contributed by atoms with E-state index < -0.39 is 24.4 Å². The number of primary amides is 1. The van der Waals surface area contributed by atoms with Crippen molar-refractivity contribution in [1.29, 1.82) is 0 Å². The van der Waals surface area contributed by atoms with Crippen molar-refractivity contribution in [2.75, 3.05) is 13.2 Å². The molecule has 1 unspecified atom stereocenters. The van der Waals surface area contributed by atoms with Gasteiger partial charge in [-0.15, -0.1) is 0 Å². The van der Waals surface area contributed by atoms with E-state index >= 15 is 0 Å². The molecule has 0 spiro atoms. The number of ether oxygens (including phenoxy) is 2. The second kappa shape index (κ2) is 9.59. The molecule has 3 N–H and O–H groups in total. The lowest BCUT2D eigenvalue weighted by Crippen LogP contribution is -2.31. The van der Waals surface area contributed by atoms with Crippen LogP contribution in [0.5, 0.6) is 5.75 Å². The van der Waals surface area contributed by atoms with Gasteiger partial charge in [-0.1, -0.05) is 35.9 Å². The lowest BCUT2D eigenvalue weighted by atomic mass is 10.1. The molecule has 0 aliphatic rings. The molecule has 0 aliphatic carbocycles. The van der Waals surface area contributed by atoms with Gasteiger partial charge in [0, 0.05) is 5.02 Å². The molecule has 2 aromatic rings. The highest BCUT2D eigenvalue weighted by Gasteiger charge is 2.17. The Bertz CT molecular complexity index is 823. The third-order valence-corrected chi connectivity index (χ3v) is 3.81. The molecule has 0 saturated heterocycles. The minimum atomic E-state index is -0.746. The Morgan fingerprint density at radius 2 is 1.74 bits per heavy atom. The summed E-state index contributed by atoms with van der Waals surface area (Å²) in [6, 6.07) is 13.0. The fraction of sp³-hybridized carbons (Fsp3) is 0.211. The molecule has 0 saturated carbocycles. The van der Waals surface area contributed by atoms with Gasteiger partial charge in [0.15, 0.2) is 13.2 Å². The zero-order valence-electron chi connectivity index (χ0n) is 14.6. The summed E-state index contributed by atoms with van der Waals surface area (Å²) in [7, 11) is 0. The normalized spacial score (nSPS) is 11.3. The summed E-state index contributed by atoms with van der Waals surface area (Å²) in [5.74, 6) is -1.73. The number of para-hydroxylation sites is 1. The van der Waals surface area contributed by atoms with Crippen LogP contribution in [-0.2, 0) is 14.3 Å². The predicted molar refractivity (Wildman–Crippen MR) is 99.4 cm³/mol. The Morgan fingerprint density at radius 1 is 1.07 bits per heavy atom. The van der Waals surface area contributed by atoms with Gasteiger partial charge in [-0.05, 0) is 36.8 Å². The molecule has 142 valence electrons. The molecular weight excluding hydrogens is 372 g/mol. The number of carbonyl (C=O) groups excluding carboxylic acids is 3. The second-order valence-electron chi connectivity index (χ2n) is 5.67. The van der Waals surface area contributed by atoms with Crippen LogP contribution in [0.2, 0.25) is 5.02 Å². The third kappa shape index (κ3) is 6.31. The van der Waals surface area contributed by atoms with Gasteiger partial charge in [0.1, 0.15) is 11.3 Å². The van der Waals surface area contributed by atoms with Crippen LogP contribution < -0.4 is 15.8 Å². The topological polar surface area (TPSA) is 108 Å². The first-order valence-electron chi connectivity index (χ1n) is 8.09. The van der Waals surface area contributed by atoms with Crippen molar-refractivity contribution in [2.45, 2.75) is 13.0 Å². The molecule has 0 aliphatic heterocycles. The quantitative estimate of drug-likeness (QED) is 0.672. The van der Waals surface area contributed by atoms with Crippen molar-refractivity contribution in [3.63, 3.8) is 0 Å². The van der Waals surface area contributed by atoms with Crippen molar-refractivity contribution in [3.05, 3.63) is 64.7 Å². The van der Waals surface area contributed by atoms with Crippen molar-refractivity contribution in [2.24, 2.45) is 5.73 Å². The average Bonchev–Trinajstić information content (AvgIpc) is 2.65. The zero-order chi connectivity index (χ0) is 19.8. The first-order valence-corrected chi connectivity index (χ1v) is 8.46. The van der Waals surface area contributed by atoms with Gasteiger partial charge in [-0.25, -0.2) is 4.79 Å². The Balaban J connectivity index is 1.90. The molecule has 2 amide bonds. The van der Waals surface area contributed by atoms with Crippen LogP contribution in [0.4, 0.5) is 0 Å². The van der Waals surface area contributed by atoms with Crippen LogP contribution in [0.1, 0.15) is 28.9 Å². The molecule has 0 heterocycles. The minimum absolute atomic E-state index is 0.0947. The lowest BCUT2D eigenvalue weighted by molar-refractivity contribution is -0.124. The first kappa shape index (κ1) is 20.3. The maximum absolute atomic E-state index is 12.2. The third-order valence-electron chi connectivity index (χ3n) is 3.56. The second-order valence-corrected chi connectivity index (χ2v) is 6.10. The van der Waals surface area contributed by atoms with E-state index in [0.717, 1.165) is 5.56 Å². The van der Waals surface area contributed by atoms with Crippen LogP contribution >= 0.6 is 11.6 Å². The highest BCUT2D eigenvalue weighted by atomic mass is 35.5. The average molecular weight is 391 g/mol. The summed E-state index contributed by atoms with van der Waals surface area (Å²) >= 11 is 5.84. The van der Waals surface area contributed by atoms with Crippen molar-refractivity contribution >= 4 is 29.4 Å². The van der Waals surface area contributed by atoms with Crippen LogP contribution in [0.3, 0.4) is 0 Å². The molecule has 8 heteroatoms. The number of hydrogen-bond acceptors (Lipinski definition) is 5. The molecule has 0 aromatic heterocycles. The van der Waals surface area contributed by atoms with Crippen LogP contribution in [-0.4, -0.2) is 31.0 Å². The summed E-state index contributed by atoms with van der Waals surface area (Å²) < 4.78 is 10.2. The number of hydrogen-bond donors (Lipinski definition) is 2. The van der Waals surface area contributed by atoms with Crippen LogP contribution in [0.25, 0.3) is 0 Å². The molecule has 2 aromatic carbocycles. The summed E-state index contributed by atoms with van der Waals surface area (Å²) in [6.07, 6.45) is 0. The van der Waals surface area contributed by atoms with E-state index in [2.05, 4.69) is 5.32 Å². The molecular formula is C19H19ClN2O5. The molecule has 0 bridgehead atoms. The fourth-order valence-electron chi connectivity index (χ4n) is 2.24. The Kier molecular flexibility index (Phi) is 7.19. The molecule has 7 nitrogen and oxygen atoms in total. The first-order chi connectivity index (χ1) is 12.9. The van der Waals surface area contributed by atoms with Gasteiger partial charge in [-0.3, -0.25) is 9.59 Å². The molecule has 1 atom stereocenters. The number of carbonyl (C=O) groups is 3. The highest BCUT2D eigenvalue weighted by Crippen LogP contribution is 2.19. The zero-order valence-corrected chi connectivity index (χ0v) is 15.4. The summed E-state index contributed by atoms with van der Waals surface area (Å²) in [4.78, 5) is 35.0. The van der Waals surface area contributed by atoms with E-state index in [1.54, 1.807) is 43.3 Å². The summed E-state index contributed by atoms with van der Waals surface area (Å²) in [6.45, 7) is 0.972. The number of nitrogens with two attached hydrogens (primary N) is 1. The van der Waals surface area contributed by atoms with E-state index in [0.29, 0.717) is 5.02 Å². The monoisotopic (exact) mass is 390 g/mol. The number of rotatable bonds is 8. The van der Waals surface area contributed by atoms with Gasteiger partial charge >= 0.3 is 5.97 Å². The van der Waals surface area contributed by atoms with Crippen molar-refractivity contribution in [1.82, 2.24) is 5.32 Å². The van der Waals surface area contributed by atoms with E-state index in [1.807, 2.05) is 0 Å². The molecule has 0 fully saturated rings. The van der Waals surface area contributed by atoms with Crippen molar-refractivity contribution < 1.29 is 23.9 Å². The van der Waals surface area contributed by atoms with Gasteiger partial charge in [0.2, 0.25) is 0 Å². The smallest absolute Gasteiger partial charge is 0.342 e. The van der Waals surface area contributed by atoms with Crippen LogP contribution in [0.15, 0.2) is 48.5 Å². The Hall–Kier alpha value is -3.06. The largest absolute Gasteiger partial charge is 0.483 e. The SMILES string of the molecule is CC(NC(=O)COC(=O)c1ccccc1OCC(N)=O)c1ccc(Cl)cc1. The van der Waals surface area contributed by atoms with Gasteiger partial charge in [0.25, 0.3) is 11.8 Å². The van der Waals surface area contributed by atoms with Gasteiger partial charge in [0.05, 0.1) is 6.04 Å². The van der Waals surface area contributed by atoms with E-state index in [-0.39, 0.29) is 24.0 Å². The predicted octanol–water partition coefficient (Wildman–Crippen LogP) is 2.24. The van der Waals surface area contributed by atoms with E-state index in [1.165, 1.54) is 12.1 Å². The van der Waals surface area contributed by atoms with Crippen LogP contribution in [0, 0.1) is 0 Å². The number of esters is 1. The summed E-state index contributed by atoms with van der Waals surface area (Å²) in [5.41, 5.74) is 5.99. The maximum Gasteiger partial charge on any atom is 0.342 e. The Morgan fingerprint density at radius 3 is 2.41 bits per heavy atom. The Labute approximate surface area is 161 Å². The fourth-order valence-corrected chi connectivity index (χ4v) is 2.36. The van der Waals surface area contributed by atoms with Crippen molar-refractivity contribution in [3.8, 4) is 5.75 Å². The molecule has 0 radical (unpaired) electrons. The van der Waals surface area contributed by atoms with Gasteiger partial charge in [-0.2, -0.15) is 0 Å². The van der Waals surface area contributed by atoms with E-state index in [4.69, 9.17) is 26.8 Å². The maximum atomic E-state index is 12.2. The number of halogens is 1. The molecule has 2 rings (SSSR count). The highest BCUT2D eigenvalue weighted by molar-refractivity contribution is 6.30. The van der Waals surface area contributed by atoms with E-state index in [9.17, 15) is 14.4 Å². The summed E-state index contributed by atoms with van der Waals surface area (Å²) in [5, 5.41) is 3.33. The minimum Gasteiger partial charge on any atom is -0.483 e. The number of amides is 2. The molecule has 27 heavy (non-hydrogen) atoms. The number of nitrogens with one attached hydrogen (secondary N) is 1. The van der Waals surface area contributed by atoms with Gasteiger partial charge < -0.3 is 20.5 Å². The number of benzene rings is 2. The lowest BCUT2D eigenvalue weighted by Gasteiger charge is -2.15. The standard InChI is InChI=1S/C19H19ClN2O5/c1-12(13-6-8-14(20)9-7-13)22-18(24)11-27-19(25)15-4-2-3-5-16(15)26-10-17(21)23/h2-9,12H,10-11H2,1H3,(H2,21,23)(H,22,24).